The van der Waals surface area contributed by atoms with Crippen LogP contribution in [-0.4, -0.2) is 40.4 Å². The molecular weight excluding hydrogens is 306 g/mol. The number of nitrogens with one attached hydrogen (secondary N) is 1. The Morgan fingerprint density at radius 2 is 2.00 bits per heavy atom. The fourth-order valence-corrected chi connectivity index (χ4v) is 3.10. The third-order valence-corrected chi connectivity index (χ3v) is 4.37. The van der Waals surface area contributed by atoms with Gasteiger partial charge in [-0.3, -0.25) is 0 Å². The molecule has 1 aliphatic rings. The van der Waals surface area contributed by atoms with Crippen LogP contribution in [0.1, 0.15) is 54.9 Å². The predicted molar refractivity (Wildman–Crippen MR) is 80.9 cm³/mol. The fourth-order valence-electron chi connectivity index (χ4n) is 2.46. The molecule has 1 aromatic rings. The molecular formula is C14H21N3O4S. The van der Waals surface area contributed by atoms with Gasteiger partial charge in [-0.15, -0.1) is 5.10 Å². The average Bonchev–Trinajstić information content (AvgIpc) is 2.98. The van der Waals surface area contributed by atoms with Gasteiger partial charge >= 0.3 is 12.1 Å². The molecule has 0 radical (unpaired) electrons. The molecule has 22 heavy (non-hydrogen) atoms. The van der Waals surface area contributed by atoms with Crippen molar-refractivity contribution in [1.29, 1.82) is 0 Å². The van der Waals surface area contributed by atoms with Crippen molar-refractivity contribution in [1.82, 2.24) is 14.9 Å². The van der Waals surface area contributed by atoms with Crippen molar-refractivity contribution in [2.24, 2.45) is 0 Å². The van der Waals surface area contributed by atoms with Gasteiger partial charge in [0.05, 0.1) is 12.3 Å². The molecule has 1 aliphatic carbocycles. The maximum Gasteiger partial charge on any atom is 0.407 e. The molecule has 1 N–H and O–H groups in total. The molecule has 1 amide bonds. The number of aromatic nitrogens is 2. The van der Waals surface area contributed by atoms with Crippen LogP contribution in [-0.2, 0) is 15.9 Å². The second kappa shape index (κ2) is 8.07. The molecule has 0 spiro atoms. The van der Waals surface area contributed by atoms with Crippen molar-refractivity contribution in [2.75, 3.05) is 6.61 Å². The summed E-state index contributed by atoms with van der Waals surface area (Å²) in [5.74, 6) is -0.339. The van der Waals surface area contributed by atoms with E-state index >= 15 is 0 Å². The first-order chi connectivity index (χ1) is 10.6. The Labute approximate surface area is 133 Å². The molecule has 0 aromatic carbocycles. The topological polar surface area (TPSA) is 90.4 Å². The molecule has 122 valence electrons. The molecule has 0 bridgehead atoms. The molecule has 1 aromatic heterocycles. The third kappa shape index (κ3) is 4.40. The molecule has 2 rings (SSSR count). The summed E-state index contributed by atoms with van der Waals surface area (Å²) in [6.07, 6.45) is 3.19. The zero-order chi connectivity index (χ0) is 15.9. The van der Waals surface area contributed by atoms with Gasteiger partial charge in [0.25, 0.3) is 0 Å². The second-order valence-electron chi connectivity index (χ2n) is 5.15. The number of esters is 1. The number of carbonyl (C=O) groups excluding carboxylic acids is 2. The largest absolute Gasteiger partial charge is 0.458 e. The van der Waals surface area contributed by atoms with E-state index in [1.165, 1.54) is 0 Å². The van der Waals surface area contributed by atoms with Gasteiger partial charge in [0, 0.05) is 6.04 Å². The Morgan fingerprint density at radius 1 is 1.27 bits per heavy atom. The van der Waals surface area contributed by atoms with Crippen LogP contribution in [0.4, 0.5) is 4.79 Å². The number of nitrogens with zero attached hydrogens (tertiary/aromatic N) is 2. The number of ether oxygens (including phenoxy) is 2. The van der Waals surface area contributed by atoms with Gasteiger partial charge in [-0.2, -0.15) is 0 Å². The first-order valence-electron chi connectivity index (χ1n) is 7.59. The van der Waals surface area contributed by atoms with Crippen LogP contribution in [0.5, 0.6) is 0 Å². The summed E-state index contributed by atoms with van der Waals surface area (Å²) in [4.78, 5) is 24.0. The Kier molecular flexibility index (Phi) is 6.11. The van der Waals surface area contributed by atoms with E-state index in [2.05, 4.69) is 14.9 Å². The molecule has 0 atom stereocenters. The number of alkyl carbamates (subject to hydrolysis) is 1. The third-order valence-electron chi connectivity index (χ3n) is 3.62. The molecule has 0 aliphatic heterocycles. The molecule has 0 unspecified atom stereocenters. The molecule has 8 heteroatoms. The highest BCUT2D eigenvalue weighted by atomic mass is 32.1. The quantitative estimate of drug-likeness (QED) is 0.835. The summed E-state index contributed by atoms with van der Waals surface area (Å²) in [6, 6.07) is 0.0882. The van der Waals surface area contributed by atoms with Gasteiger partial charge in [-0.25, -0.2) is 9.59 Å². The van der Waals surface area contributed by atoms with Gasteiger partial charge in [-0.05, 0) is 50.6 Å². The number of carbonyl (C=O) groups is 2. The van der Waals surface area contributed by atoms with Crippen molar-refractivity contribution in [2.45, 2.75) is 58.1 Å². The number of rotatable bonds is 5. The van der Waals surface area contributed by atoms with E-state index < -0.39 is 0 Å². The zero-order valence-corrected chi connectivity index (χ0v) is 13.6. The SMILES string of the molecule is CCOC(=O)NC1CCC(OC(=O)c2snnc2CC)CC1. The summed E-state index contributed by atoms with van der Waals surface area (Å²) in [5.41, 5.74) is 0.688. The minimum atomic E-state index is -0.383. The lowest BCUT2D eigenvalue weighted by Crippen LogP contribution is -2.39. The summed E-state index contributed by atoms with van der Waals surface area (Å²) in [7, 11) is 0. The standard InChI is InChI=1S/C14H21N3O4S/c1-3-11-12(22-17-16-11)13(18)21-10-7-5-9(6-8-10)15-14(19)20-4-2/h9-10H,3-8H2,1-2H3,(H,15,19). The predicted octanol–water partition coefficient (Wildman–Crippen LogP) is 2.31. The molecule has 1 saturated carbocycles. The second-order valence-corrected chi connectivity index (χ2v) is 5.90. The number of hydrogen-bond donors (Lipinski definition) is 1. The van der Waals surface area contributed by atoms with Crippen LogP contribution in [0.25, 0.3) is 0 Å². The minimum Gasteiger partial charge on any atom is -0.458 e. The van der Waals surface area contributed by atoms with Gasteiger partial charge < -0.3 is 14.8 Å². The number of amides is 1. The van der Waals surface area contributed by atoms with Gasteiger partial charge in [-0.1, -0.05) is 11.4 Å². The monoisotopic (exact) mass is 327 g/mol. The average molecular weight is 327 g/mol. The van der Waals surface area contributed by atoms with Crippen LogP contribution in [0.2, 0.25) is 0 Å². The summed E-state index contributed by atoms with van der Waals surface area (Å²) < 4.78 is 14.2. The van der Waals surface area contributed by atoms with Crippen molar-refractivity contribution < 1.29 is 19.1 Å². The molecule has 1 fully saturated rings. The van der Waals surface area contributed by atoms with Crippen molar-refractivity contribution in [3.8, 4) is 0 Å². The maximum absolute atomic E-state index is 12.1. The normalized spacial score (nSPS) is 21.2. The first-order valence-corrected chi connectivity index (χ1v) is 8.36. The zero-order valence-electron chi connectivity index (χ0n) is 12.8. The summed E-state index contributed by atoms with van der Waals surface area (Å²) in [5, 5.41) is 6.74. The van der Waals surface area contributed by atoms with E-state index in [1.54, 1.807) is 6.92 Å². The van der Waals surface area contributed by atoms with Crippen LogP contribution in [0, 0.1) is 0 Å². The maximum atomic E-state index is 12.1. The van der Waals surface area contributed by atoms with Crippen LogP contribution in [0.15, 0.2) is 0 Å². The van der Waals surface area contributed by atoms with Crippen molar-refractivity contribution in [3.63, 3.8) is 0 Å². The highest BCUT2D eigenvalue weighted by molar-refractivity contribution is 7.07. The number of aryl methyl sites for hydroxylation is 1. The van der Waals surface area contributed by atoms with Crippen LogP contribution >= 0.6 is 11.5 Å². The van der Waals surface area contributed by atoms with E-state index in [-0.39, 0.29) is 24.2 Å². The van der Waals surface area contributed by atoms with Crippen molar-refractivity contribution in [3.05, 3.63) is 10.6 Å². The van der Waals surface area contributed by atoms with E-state index in [0.29, 0.717) is 23.6 Å². The minimum absolute atomic E-state index is 0.0882. The Morgan fingerprint density at radius 3 is 2.64 bits per heavy atom. The summed E-state index contributed by atoms with van der Waals surface area (Å²) >= 11 is 1.08. The van der Waals surface area contributed by atoms with E-state index in [9.17, 15) is 9.59 Å². The lowest BCUT2D eigenvalue weighted by Gasteiger charge is -2.28. The lowest BCUT2D eigenvalue weighted by molar-refractivity contribution is 0.0187. The highest BCUT2D eigenvalue weighted by Gasteiger charge is 2.27. The number of hydrogen-bond acceptors (Lipinski definition) is 7. The Bertz CT molecular complexity index is 512. The van der Waals surface area contributed by atoms with Gasteiger partial charge in [0.15, 0.2) is 4.88 Å². The highest BCUT2D eigenvalue weighted by Crippen LogP contribution is 2.23. The molecule has 7 nitrogen and oxygen atoms in total. The first kappa shape index (κ1) is 16.7. The molecule has 0 saturated heterocycles. The molecule has 1 heterocycles. The van der Waals surface area contributed by atoms with Crippen LogP contribution < -0.4 is 5.32 Å². The lowest BCUT2D eigenvalue weighted by atomic mass is 9.93. The van der Waals surface area contributed by atoms with Crippen LogP contribution in [0.3, 0.4) is 0 Å². The van der Waals surface area contributed by atoms with E-state index in [1.807, 2.05) is 6.92 Å². The Hall–Kier alpha value is -1.70. The fraction of sp³-hybridized carbons (Fsp3) is 0.714. The smallest absolute Gasteiger partial charge is 0.407 e. The Balaban J connectivity index is 1.78. The van der Waals surface area contributed by atoms with Gasteiger partial charge in [0.1, 0.15) is 6.10 Å². The van der Waals surface area contributed by atoms with E-state index in [0.717, 1.165) is 37.2 Å². The van der Waals surface area contributed by atoms with Crippen molar-refractivity contribution >= 4 is 23.6 Å². The summed E-state index contributed by atoms with van der Waals surface area (Å²) in [6.45, 7) is 4.07. The van der Waals surface area contributed by atoms with E-state index in [4.69, 9.17) is 9.47 Å². The van der Waals surface area contributed by atoms with Gasteiger partial charge in [0.2, 0.25) is 0 Å².